The largest absolute Gasteiger partial charge is 0.368 e. The highest BCUT2D eigenvalue weighted by Gasteiger charge is 2.15. The van der Waals surface area contributed by atoms with E-state index in [1.54, 1.807) is 27.2 Å². The van der Waals surface area contributed by atoms with Gasteiger partial charge in [-0.1, -0.05) is 0 Å². The molecule has 0 atom stereocenters. The van der Waals surface area contributed by atoms with Gasteiger partial charge in [0.15, 0.2) is 16.6 Å². The molecule has 0 amide bonds. The Morgan fingerprint density at radius 1 is 1.07 bits per heavy atom. The third-order valence-corrected chi connectivity index (χ3v) is 6.28. The number of hydrogen-bond acceptors (Lipinski definition) is 8. The molecule has 138 valence electrons. The van der Waals surface area contributed by atoms with Crippen LogP contribution in [0.4, 0.5) is 10.9 Å². The van der Waals surface area contributed by atoms with Crippen LogP contribution in [0.3, 0.4) is 0 Å². The molecule has 1 saturated heterocycles. The van der Waals surface area contributed by atoms with Crippen LogP contribution >= 0.6 is 22.7 Å². The highest BCUT2D eigenvalue weighted by atomic mass is 32.1. The van der Waals surface area contributed by atoms with Crippen molar-refractivity contribution in [2.75, 3.05) is 29.9 Å². The number of nitrogens with zero attached hydrogens (tertiary/aromatic N) is 6. The molecule has 0 aliphatic carbocycles. The minimum atomic E-state index is 0.747. The first kappa shape index (κ1) is 16.6. The minimum absolute atomic E-state index is 0.747. The van der Waals surface area contributed by atoms with E-state index in [1.807, 2.05) is 23.6 Å². The van der Waals surface area contributed by atoms with Crippen molar-refractivity contribution in [2.45, 2.75) is 19.3 Å². The number of thiophene rings is 1. The molecule has 7 nitrogen and oxygen atoms in total. The molecule has 0 aromatic carbocycles. The molecule has 0 saturated carbocycles. The lowest BCUT2D eigenvalue weighted by Gasteiger charge is -2.12. The van der Waals surface area contributed by atoms with Crippen molar-refractivity contribution in [1.82, 2.24) is 24.8 Å². The van der Waals surface area contributed by atoms with Gasteiger partial charge in [0.1, 0.15) is 5.82 Å². The molecule has 0 unspecified atom stereocenters. The van der Waals surface area contributed by atoms with E-state index >= 15 is 0 Å². The first-order valence-electron chi connectivity index (χ1n) is 9.05. The Balaban J connectivity index is 1.26. The summed E-state index contributed by atoms with van der Waals surface area (Å²) in [6, 6.07) is 5.91. The molecule has 0 spiro atoms. The van der Waals surface area contributed by atoms with E-state index in [4.69, 9.17) is 4.98 Å². The summed E-state index contributed by atoms with van der Waals surface area (Å²) < 4.78 is 1.79. The highest BCUT2D eigenvalue weighted by molar-refractivity contribution is 7.13. The number of thiazole rings is 1. The molecule has 0 bridgehead atoms. The van der Waals surface area contributed by atoms with Crippen LogP contribution in [-0.2, 0) is 6.42 Å². The van der Waals surface area contributed by atoms with Crippen molar-refractivity contribution in [1.29, 1.82) is 0 Å². The van der Waals surface area contributed by atoms with Crippen LogP contribution in [-0.4, -0.2) is 44.4 Å². The summed E-state index contributed by atoms with van der Waals surface area (Å²) in [5.41, 5.74) is 2.92. The number of hydrogen-bond donors (Lipinski definition) is 1. The normalized spacial score (nSPS) is 14.3. The topological polar surface area (TPSA) is 71.2 Å². The van der Waals surface area contributed by atoms with Crippen LogP contribution in [0.2, 0.25) is 0 Å². The summed E-state index contributed by atoms with van der Waals surface area (Å²) in [6.07, 6.45) is 3.44. The van der Waals surface area contributed by atoms with Gasteiger partial charge in [-0.25, -0.2) is 4.98 Å². The van der Waals surface area contributed by atoms with Gasteiger partial charge in [0.25, 0.3) is 0 Å². The van der Waals surface area contributed by atoms with E-state index in [0.717, 1.165) is 59.7 Å². The smallest absolute Gasteiger partial charge is 0.186 e. The monoisotopic (exact) mass is 397 g/mol. The third kappa shape index (κ3) is 3.40. The SMILES string of the molecule is c1cc(-c2nnc3ccc(NCCc4csc(N5CCCC5)n4)nn23)cs1. The van der Waals surface area contributed by atoms with Gasteiger partial charge in [-0.3, -0.25) is 0 Å². The van der Waals surface area contributed by atoms with E-state index in [9.17, 15) is 0 Å². The molecule has 4 aromatic rings. The molecule has 1 N–H and O–H groups in total. The Hall–Kier alpha value is -2.52. The molecule has 4 aromatic heterocycles. The van der Waals surface area contributed by atoms with E-state index < -0.39 is 0 Å². The Kier molecular flexibility index (Phi) is 4.46. The standard InChI is InChI=1S/C18H19N7S2/c1-2-9-24(8-1)18-20-14(12-27-18)5-7-19-15-3-4-16-21-22-17(25(16)23-15)13-6-10-26-11-13/h3-4,6,10-12H,1-2,5,7-9H2,(H,19,23). The molecule has 1 aliphatic rings. The first-order chi connectivity index (χ1) is 13.4. The highest BCUT2D eigenvalue weighted by Crippen LogP contribution is 2.24. The second-order valence-corrected chi connectivity index (χ2v) is 8.13. The van der Waals surface area contributed by atoms with Crippen molar-refractivity contribution in [3.63, 3.8) is 0 Å². The van der Waals surface area contributed by atoms with Crippen molar-refractivity contribution >= 4 is 39.3 Å². The maximum absolute atomic E-state index is 4.77. The summed E-state index contributed by atoms with van der Waals surface area (Å²) in [5.74, 6) is 1.58. The van der Waals surface area contributed by atoms with Gasteiger partial charge in [0, 0.05) is 42.4 Å². The molecule has 1 fully saturated rings. The molecule has 27 heavy (non-hydrogen) atoms. The predicted octanol–water partition coefficient (Wildman–Crippen LogP) is 3.56. The molecule has 5 rings (SSSR count). The summed E-state index contributed by atoms with van der Waals surface area (Å²) in [6.45, 7) is 3.07. The fourth-order valence-corrected chi connectivity index (χ4v) is 4.79. The summed E-state index contributed by atoms with van der Waals surface area (Å²) >= 11 is 3.39. The van der Waals surface area contributed by atoms with Crippen LogP contribution in [0.15, 0.2) is 34.3 Å². The Morgan fingerprint density at radius 2 is 2.00 bits per heavy atom. The summed E-state index contributed by atoms with van der Waals surface area (Å²) in [5, 5.41) is 23.9. The van der Waals surface area contributed by atoms with Crippen LogP contribution in [0.1, 0.15) is 18.5 Å². The zero-order valence-corrected chi connectivity index (χ0v) is 16.3. The zero-order chi connectivity index (χ0) is 18.1. The van der Waals surface area contributed by atoms with Gasteiger partial charge >= 0.3 is 0 Å². The molecular weight excluding hydrogens is 378 g/mol. The van der Waals surface area contributed by atoms with Crippen molar-refractivity contribution in [3.8, 4) is 11.4 Å². The Bertz CT molecular complexity index is 1030. The van der Waals surface area contributed by atoms with Gasteiger partial charge in [0.05, 0.1) is 5.69 Å². The number of fused-ring (bicyclic) bond motifs is 1. The van der Waals surface area contributed by atoms with E-state index in [-0.39, 0.29) is 0 Å². The lowest BCUT2D eigenvalue weighted by Crippen LogP contribution is -2.17. The van der Waals surface area contributed by atoms with Gasteiger partial charge < -0.3 is 10.2 Å². The number of rotatable bonds is 6. The average molecular weight is 398 g/mol. The predicted molar refractivity (Wildman–Crippen MR) is 110 cm³/mol. The lowest BCUT2D eigenvalue weighted by molar-refractivity contribution is 0.900. The number of aromatic nitrogens is 5. The van der Waals surface area contributed by atoms with Crippen LogP contribution in [0.25, 0.3) is 17.0 Å². The quantitative estimate of drug-likeness (QED) is 0.536. The Morgan fingerprint density at radius 3 is 2.85 bits per heavy atom. The van der Waals surface area contributed by atoms with Gasteiger partial charge in [-0.05, 0) is 36.4 Å². The fraction of sp³-hybridized carbons (Fsp3) is 0.333. The molecule has 9 heteroatoms. The van der Waals surface area contributed by atoms with Crippen molar-refractivity contribution in [3.05, 3.63) is 40.0 Å². The fourth-order valence-electron chi connectivity index (χ4n) is 3.24. The van der Waals surface area contributed by atoms with Gasteiger partial charge in [-0.15, -0.1) is 26.6 Å². The van der Waals surface area contributed by atoms with E-state index in [0.29, 0.717) is 0 Å². The molecular formula is C18H19N7S2. The van der Waals surface area contributed by atoms with E-state index in [2.05, 4.69) is 36.3 Å². The first-order valence-corrected chi connectivity index (χ1v) is 10.9. The minimum Gasteiger partial charge on any atom is -0.368 e. The third-order valence-electron chi connectivity index (χ3n) is 4.65. The zero-order valence-electron chi connectivity index (χ0n) is 14.7. The molecule has 1 aliphatic heterocycles. The maximum atomic E-state index is 4.77. The summed E-state index contributed by atoms with van der Waals surface area (Å²) in [4.78, 5) is 7.16. The molecule has 0 radical (unpaired) electrons. The van der Waals surface area contributed by atoms with E-state index in [1.165, 1.54) is 12.8 Å². The second-order valence-electron chi connectivity index (χ2n) is 6.52. The van der Waals surface area contributed by atoms with Crippen molar-refractivity contribution in [2.24, 2.45) is 0 Å². The van der Waals surface area contributed by atoms with Crippen LogP contribution in [0, 0.1) is 0 Å². The number of anilines is 2. The van der Waals surface area contributed by atoms with Gasteiger partial charge in [-0.2, -0.15) is 15.9 Å². The summed E-state index contributed by atoms with van der Waals surface area (Å²) in [7, 11) is 0. The van der Waals surface area contributed by atoms with Crippen molar-refractivity contribution < 1.29 is 0 Å². The lowest BCUT2D eigenvalue weighted by atomic mass is 10.3. The Labute approximate surface area is 164 Å². The average Bonchev–Trinajstić information content (AvgIpc) is 3.47. The molecule has 5 heterocycles. The van der Waals surface area contributed by atoms with Crippen LogP contribution in [0.5, 0.6) is 0 Å². The van der Waals surface area contributed by atoms with Gasteiger partial charge in [0.2, 0.25) is 0 Å². The number of nitrogens with one attached hydrogen (secondary N) is 1. The van der Waals surface area contributed by atoms with Crippen LogP contribution < -0.4 is 10.2 Å². The second kappa shape index (κ2) is 7.24. The maximum Gasteiger partial charge on any atom is 0.186 e.